The number of pyridine rings is 1. The van der Waals surface area contributed by atoms with Gasteiger partial charge < -0.3 is 9.73 Å². The molecular formula is C17H15N5O2S2. The minimum absolute atomic E-state index is 0.0765. The summed E-state index contributed by atoms with van der Waals surface area (Å²) in [5.74, 6) is 1.40. The molecule has 1 N–H and O–H groups in total. The number of thioether (sulfide) groups is 1. The number of aryl methyl sites for hydroxylation is 1. The minimum Gasteiger partial charge on any atom is -0.467 e. The Kier molecular flexibility index (Phi) is 4.72. The van der Waals surface area contributed by atoms with Crippen molar-refractivity contribution < 1.29 is 4.42 Å². The maximum Gasteiger partial charge on any atom is 0.258 e. The van der Waals surface area contributed by atoms with Gasteiger partial charge in [-0.1, -0.05) is 29.2 Å². The Balaban J connectivity index is 1.43. The molecule has 0 radical (unpaired) electrons. The molecule has 0 aliphatic heterocycles. The molecule has 26 heavy (non-hydrogen) atoms. The van der Waals surface area contributed by atoms with Crippen molar-refractivity contribution in [3.63, 3.8) is 0 Å². The number of fused-ring (bicyclic) bond motifs is 1. The summed E-state index contributed by atoms with van der Waals surface area (Å²) in [6.45, 7) is 2.51. The van der Waals surface area contributed by atoms with Gasteiger partial charge in [0.25, 0.3) is 5.56 Å². The van der Waals surface area contributed by atoms with Crippen molar-refractivity contribution in [1.82, 2.24) is 19.6 Å². The summed E-state index contributed by atoms with van der Waals surface area (Å²) in [6.07, 6.45) is 3.37. The fraction of sp³-hybridized carbons (Fsp3) is 0.176. The molecule has 9 heteroatoms. The smallest absolute Gasteiger partial charge is 0.258 e. The average molecular weight is 385 g/mol. The lowest BCUT2D eigenvalue weighted by Crippen LogP contribution is -2.15. The van der Waals surface area contributed by atoms with E-state index in [4.69, 9.17) is 4.42 Å². The van der Waals surface area contributed by atoms with E-state index in [-0.39, 0.29) is 5.56 Å². The van der Waals surface area contributed by atoms with Crippen LogP contribution >= 0.6 is 23.1 Å². The van der Waals surface area contributed by atoms with E-state index in [1.807, 2.05) is 31.2 Å². The Bertz CT molecular complexity index is 1090. The Morgan fingerprint density at radius 2 is 2.23 bits per heavy atom. The first-order chi connectivity index (χ1) is 12.7. The predicted molar refractivity (Wildman–Crippen MR) is 102 cm³/mol. The third kappa shape index (κ3) is 3.63. The van der Waals surface area contributed by atoms with E-state index in [1.54, 1.807) is 22.9 Å². The molecular weight excluding hydrogens is 370 g/mol. The first-order valence-corrected chi connectivity index (χ1v) is 9.70. The highest BCUT2D eigenvalue weighted by molar-refractivity contribution is 8.00. The summed E-state index contributed by atoms with van der Waals surface area (Å²) in [5.41, 5.74) is 2.31. The van der Waals surface area contributed by atoms with Crippen LogP contribution in [0.3, 0.4) is 0 Å². The van der Waals surface area contributed by atoms with Crippen LogP contribution in [-0.4, -0.2) is 19.6 Å². The monoisotopic (exact) mass is 385 g/mol. The highest BCUT2D eigenvalue weighted by atomic mass is 32.2. The highest BCUT2D eigenvalue weighted by Crippen LogP contribution is 2.28. The van der Waals surface area contributed by atoms with E-state index in [0.717, 1.165) is 26.5 Å². The number of hydrogen-bond acceptors (Lipinski definition) is 8. The van der Waals surface area contributed by atoms with E-state index in [1.165, 1.54) is 23.1 Å². The number of rotatable bonds is 6. The van der Waals surface area contributed by atoms with Crippen LogP contribution in [0.2, 0.25) is 0 Å². The van der Waals surface area contributed by atoms with Crippen molar-refractivity contribution in [3.8, 4) is 0 Å². The largest absolute Gasteiger partial charge is 0.467 e. The minimum atomic E-state index is -0.0765. The SMILES string of the molecule is Cc1cccn2c(=O)cc(CSc3nnc(NCc4ccco4)s3)nc12. The van der Waals surface area contributed by atoms with Gasteiger partial charge in [-0.2, -0.15) is 0 Å². The summed E-state index contributed by atoms with van der Waals surface area (Å²) in [4.78, 5) is 16.8. The van der Waals surface area contributed by atoms with Crippen LogP contribution in [0.25, 0.3) is 5.65 Å². The van der Waals surface area contributed by atoms with Crippen molar-refractivity contribution in [2.45, 2.75) is 23.6 Å². The maximum atomic E-state index is 12.2. The molecule has 0 aromatic carbocycles. The fourth-order valence-electron chi connectivity index (χ4n) is 2.43. The van der Waals surface area contributed by atoms with Crippen LogP contribution in [0.1, 0.15) is 17.0 Å². The third-order valence-electron chi connectivity index (χ3n) is 3.68. The third-order valence-corrected chi connectivity index (χ3v) is 5.73. The molecule has 0 saturated heterocycles. The summed E-state index contributed by atoms with van der Waals surface area (Å²) >= 11 is 2.97. The summed E-state index contributed by atoms with van der Waals surface area (Å²) in [6, 6.07) is 9.10. The molecule has 0 unspecified atom stereocenters. The number of aromatic nitrogens is 4. The van der Waals surface area contributed by atoms with Gasteiger partial charge in [0.2, 0.25) is 5.13 Å². The van der Waals surface area contributed by atoms with Crippen LogP contribution in [0.4, 0.5) is 5.13 Å². The van der Waals surface area contributed by atoms with E-state index in [9.17, 15) is 4.79 Å². The first-order valence-electron chi connectivity index (χ1n) is 7.89. The normalized spacial score (nSPS) is 11.1. The fourth-order valence-corrected chi connectivity index (χ4v) is 4.07. The van der Waals surface area contributed by atoms with Gasteiger partial charge in [0.05, 0.1) is 18.5 Å². The number of furan rings is 1. The first kappa shape index (κ1) is 16.8. The molecule has 4 aromatic heterocycles. The lowest BCUT2D eigenvalue weighted by molar-refractivity contribution is 0.518. The van der Waals surface area contributed by atoms with E-state index in [0.29, 0.717) is 17.9 Å². The van der Waals surface area contributed by atoms with Gasteiger partial charge in [0.1, 0.15) is 11.4 Å². The summed E-state index contributed by atoms with van der Waals surface area (Å²) in [7, 11) is 0. The van der Waals surface area contributed by atoms with Crippen molar-refractivity contribution in [2.75, 3.05) is 5.32 Å². The van der Waals surface area contributed by atoms with E-state index in [2.05, 4.69) is 20.5 Å². The van der Waals surface area contributed by atoms with Gasteiger partial charge >= 0.3 is 0 Å². The molecule has 4 aromatic rings. The quantitative estimate of drug-likeness (QED) is 0.509. The second-order valence-electron chi connectivity index (χ2n) is 5.57. The Hall–Kier alpha value is -2.65. The number of anilines is 1. The van der Waals surface area contributed by atoms with Gasteiger partial charge in [-0.25, -0.2) is 4.98 Å². The number of hydrogen-bond donors (Lipinski definition) is 1. The molecule has 4 rings (SSSR count). The zero-order valence-electron chi connectivity index (χ0n) is 13.9. The maximum absolute atomic E-state index is 12.2. The molecule has 0 amide bonds. The predicted octanol–water partition coefficient (Wildman–Crippen LogP) is 3.35. The highest BCUT2D eigenvalue weighted by Gasteiger charge is 2.09. The van der Waals surface area contributed by atoms with Crippen molar-refractivity contribution in [1.29, 1.82) is 0 Å². The number of nitrogens with one attached hydrogen (secondary N) is 1. The Morgan fingerprint density at radius 1 is 1.31 bits per heavy atom. The number of nitrogens with zero attached hydrogens (tertiary/aromatic N) is 4. The topological polar surface area (TPSA) is 85.3 Å². The molecule has 0 aliphatic carbocycles. The van der Waals surface area contributed by atoms with Crippen molar-refractivity contribution >= 4 is 33.9 Å². The van der Waals surface area contributed by atoms with Crippen molar-refractivity contribution in [2.24, 2.45) is 0 Å². The van der Waals surface area contributed by atoms with Crippen LogP contribution in [-0.2, 0) is 12.3 Å². The zero-order valence-corrected chi connectivity index (χ0v) is 15.5. The molecule has 0 saturated carbocycles. The van der Waals surface area contributed by atoms with Crippen molar-refractivity contribution in [3.05, 3.63) is 70.2 Å². The molecule has 0 fully saturated rings. The molecule has 0 spiro atoms. The van der Waals surface area contributed by atoms with Crippen LogP contribution in [0.15, 0.2) is 56.3 Å². The standard InChI is InChI=1S/C17H15N5O2S2/c1-11-4-2-6-22-14(23)8-12(19-15(11)22)10-25-17-21-20-16(26-17)18-9-13-5-3-7-24-13/h2-8H,9-10H2,1H3,(H,18,20). The molecule has 0 bridgehead atoms. The second kappa shape index (κ2) is 7.30. The van der Waals surface area contributed by atoms with Gasteiger partial charge in [-0.05, 0) is 30.7 Å². The summed E-state index contributed by atoms with van der Waals surface area (Å²) < 4.78 is 7.65. The summed E-state index contributed by atoms with van der Waals surface area (Å²) in [5, 5.41) is 12.2. The average Bonchev–Trinajstić information content (AvgIpc) is 3.31. The Morgan fingerprint density at radius 3 is 3.08 bits per heavy atom. The molecule has 0 aliphatic rings. The van der Waals surface area contributed by atoms with E-state index >= 15 is 0 Å². The lowest BCUT2D eigenvalue weighted by Gasteiger charge is -2.05. The molecule has 7 nitrogen and oxygen atoms in total. The van der Waals surface area contributed by atoms with Gasteiger partial charge in [-0.3, -0.25) is 9.20 Å². The molecule has 0 atom stereocenters. The zero-order chi connectivity index (χ0) is 17.9. The Labute approximate surface area is 157 Å². The van der Waals surface area contributed by atoms with E-state index < -0.39 is 0 Å². The van der Waals surface area contributed by atoms with Crippen LogP contribution in [0, 0.1) is 6.92 Å². The van der Waals surface area contributed by atoms with Gasteiger partial charge in [-0.15, -0.1) is 10.2 Å². The van der Waals surface area contributed by atoms with Gasteiger partial charge in [0, 0.05) is 18.0 Å². The van der Waals surface area contributed by atoms with Gasteiger partial charge in [0.15, 0.2) is 4.34 Å². The lowest BCUT2D eigenvalue weighted by atomic mass is 10.3. The van der Waals surface area contributed by atoms with Crippen LogP contribution < -0.4 is 10.9 Å². The molecule has 4 heterocycles. The molecule has 132 valence electrons. The van der Waals surface area contributed by atoms with Crippen LogP contribution in [0.5, 0.6) is 0 Å². The second-order valence-corrected chi connectivity index (χ2v) is 7.77.